The van der Waals surface area contributed by atoms with Gasteiger partial charge >= 0.3 is 0 Å². The van der Waals surface area contributed by atoms with Gasteiger partial charge in [0.25, 0.3) is 0 Å². The normalized spacial score (nSPS) is 11.3. The van der Waals surface area contributed by atoms with Gasteiger partial charge < -0.3 is 4.74 Å². The summed E-state index contributed by atoms with van der Waals surface area (Å²) in [5.74, 6) is 0.873. The molecule has 0 saturated carbocycles. The van der Waals surface area contributed by atoms with E-state index in [1.165, 1.54) is 64.2 Å². The van der Waals surface area contributed by atoms with Crippen LogP contribution in [0.15, 0.2) is 0 Å². The van der Waals surface area contributed by atoms with Crippen molar-refractivity contribution in [1.82, 2.24) is 0 Å². The molecule has 0 amide bonds. The van der Waals surface area contributed by atoms with Gasteiger partial charge in [-0.25, -0.2) is 0 Å². The lowest BCUT2D eigenvalue weighted by Gasteiger charge is -2.11. The average Bonchev–Trinajstić information content (AvgIpc) is 2.40. The van der Waals surface area contributed by atoms with Crippen molar-refractivity contribution in [2.75, 3.05) is 13.2 Å². The van der Waals surface area contributed by atoms with Crippen molar-refractivity contribution >= 4 is 0 Å². The SMILES string of the molecule is [CH2]CCCCCCCCCOCCC(CC)CC. The summed E-state index contributed by atoms with van der Waals surface area (Å²) in [6.07, 6.45) is 14.4. The largest absolute Gasteiger partial charge is 0.381 e. The second-order valence-electron chi connectivity index (χ2n) is 5.41. The van der Waals surface area contributed by atoms with E-state index in [1.807, 2.05) is 0 Å². The lowest BCUT2D eigenvalue weighted by Crippen LogP contribution is -2.04. The monoisotopic (exact) mass is 255 g/mol. The number of hydrogen-bond donors (Lipinski definition) is 0. The maximum absolute atomic E-state index is 5.70. The fraction of sp³-hybridized carbons (Fsp3) is 0.941. The zero-order valence-electron chi connectivity index (χ0n) is 12.9. The lowest BCUT2D eigenvalue weighted by atomic mass is 10.0. The minimum Gasteiger partial charge on any atom is -0.381 e. The van der Waals surface area contributed by atoms with E-state index >= 15 is 0 Å². The molecule has 0 N–H and O–H groups in total. The molecule has 1 radical (unpaired) electrons. The van der Waals surface area contributed by atoms with Crippen molar-refractivity contribution in [3.8, 4) is 0 Å². The number of unbranched alkanes of at least 4 members (excludes halogenated alkanes) is 7. The Morgan fingerprint density at radius 2 is 1.33 bits per heavy atom. The molecule has 0 spiro atoms. The van der Waals surface area contributed by atoms with E-state index < -0.39 is 0 Å². The molecule has 0 bridgehead atoms. The predicted octanol–water partition coefficient (Wildman–Crippen LogP) is 5.78. The van der Waals surface area contributed by atoms with Crippen molar-refractivity contribution in [2.45, 2.75) is 84.5 Å². The van der Waals surface area contributed by atoms with E-state index in [0.29, 0.717) is 0 Å². The Morgan fingerprint density at radius 3 is 1.89 bits per heavy atom. The highest BCUT2D eigenvalue weighted by atomic mass is 16.5. The van der Waals surface area contributed by atoms with Crippen LogP contribution in [-0.2, 0) is 4.74 Å². The lowest BCUT2D eigenvalue weighted by molar-refractivity contribution is 0.115. The molecule has 0 rings (SSSR count). The molecule has 109 valence electrons. The van der Waals surface area contributed by atoms with Gasteiger partial charge in [0.05, 0.1) is 0 Å². The van der Waals surface area contributed by atoms with Gasteiger partial charge in [-0.3, -0.25) is 0 Å². The molecule has 0 heterocycles. The first kappa shape index (κ1) is 18.0. The van der Waals surface area contributed by atoms with Gasteiger partial charge in [-0.15, -0.1) is 0 Å². The molecule has 1 heteroatoms. The van der Waals surface area contributed by atoms with Crippen molar-refractivity contribution in [3.63, 3.8) is 0 Å². The third kappa shape index (κ3) is 12.4. The van der Waals surface area contributed by atoms with E-state index in [-0.39, 0.29) is 0 Å². The first-order chi connectivity index (χ1) is 8.85. The van der Waals surface area contributed by atoms with Crippen molar-refractivity contribution in [2.24, 2.45) is 5.92 Å². The van der Waals surface area contributed by atoms with E-state index in [4.69, 9.17) is 4.74 Å². The van der Waals surface area contributed by atoms with Gasteiger partial charge in [0.2, 0.25) is 0 Å². The Balaban J connectivity index is 3.03. The molecule has 0 atom stereocenters. The Hall–Kier alpha value is -0.0400. The van der Waals surface area contributed by atoms with E-state index in [0.717, 1.165) is 25.6 Å². The molecule has 18 heavy (non-hydrogen) atoms. The summed E-state index contributed by atoms with van der Waals surface area (Å²) in [6, 6.07) is 0. The van der Waals surface area contributed by atoms with E-state index in [9.17, 15) is 0 Å². The van der Waals surface area contributed by atoms with Crippen LogP contribution in [-0.4, -0.2) is 13.2 Å². The van der Waals surface area contributed by atoms with Crippen LogP contribution in [0.3, 0.4) is 0 Å². The maximum Gasteiger partial charge on any atom is 0.0468 e. The van der Waals surface area contributed by atoms with Crippen LogP contribution in [0.1, 0.15) is 84.5 Å². The standard InChI is InChI=1S/C17H35O/c1-4-7-8-9-10-11-12-13-15-18-16-14-17(5-2)6-3/h17H,1,4-16H2,2-3H3. The van der Waals surface area contributed by atoms with E-state index in [2.05, 4.69) is 20.8 Å². The molecule has 0 aromatic carbocycles. The van der Waals surface area contributed by atoms with Gasteiger partial charge in [0.1, 0.15) is 0 Å². The smallest absolute Gasteiger partial charge is 0.0468 e. The number of rotatable bonds is 14. The highest BCUT2D eigenvalue weighted by molar-refractivity contribution is 4.53. The summed E-state index contributed by atoms with van der Waals surface area (Å²) in [5.41, 5.74) is 0. The third-order valence-electron chi connectivity index (χ3n) is 3.86. The van der Waals surface area contributed by atoms with Crippen LogP contribution >= 0.6 is 0 Å². The van der Waals surface area contributed by atoms with Gasteiger partial charge in [-0.2, -0.15) is 0 Å². The Morgan fingerprint density at radius 1 is 0.778 bits per heavy atom. The Labute approximate surface area is 116 Å². The summed E-state index contributed by atoms with van der Waals surface area (Å²) in [5, 5.41) is 0. The zero-order chi connectivity index (χ0) is 13.5. The molecule has 0 aliphatic heterocycles. The summed E-state index contributed by atoms with van der Waals surface area (Å²) < 4.78 is 5.70. The summed E-state index contributed by atoms with van der Waals surface area (Å²) in [7, 11) is 0. The highest BCUT2D eigenvalue weighted by Gasteiger charge is 2.02. The maximum atomic E-state index is 5.70. The molecule has 0 unspecified atom stereocenters. The average molecular weight is 255 g/mol. The summed E-state index contributed by atoms with van der Waals surface area (Å²) in [4.78, 5) is 0. The van der Waals surface area contributed by atoms with Crippen molar-refractivity contribution in [3.05, 3.63) is 6.92 Å². The third-order valence-corrected chi connectivity index (χ3v) is 3.86. The predicted molar refractivity (Wildman–Crippen MR) is 81.8 cm³/mol. The minimum atomic E-state index is 0.873. The molecular formula is C17H35O. The molecule has 0 aliphatic carbocycles. The molecule has 0 saturated heterocycles. The summed E-state index contributed by atoms with van der Waals surface area (Å²) in [6.45, 7) is 10.4. The van der Waals surface area contributed by atoms with E-state index in [1.54, 1.807) is 0 Å². The molecule has 0 aromatic heterocycles. The first-order valence-electron chi connectivity index (χ1n) is 8.22. The summed E-state index contributed by atoms with van der Waals surface area (Å²) >= 11 is 0. The molecule has 0 aliphatic rings. The fourth-order valence-corrected chi connectivity index (χ4v) is 2.31. The van der Waals surface area contributed by atoms with Gasteiger partial charge in [0.15, 0.2) is 0 Å². The Kier molecular flexibility index (Phi) is 15.0. The fourth-order valence-electron chi connectivity index (χ4n) is 2.31. The van der Waals surface area contributed by atoms with Crippen molar-refractivity contribution < 1.29 is 4.74 Å². The van der Waals surface area contributed by atoms with Crippen LogP contribution in [0.5, 0.6) is 0 Å². The van der Waals surface area contributed by atoms with Gasteiger partial charge in [-0.1, -0.05) is 78.6 Å². The Bertz CT molecular complexity index is 141. The van der Waals surface area contributed by atoms with Crippen LogP contribution in [0.25, 0.3) is 0 Å². The van der Waals surface area contributed by atoms with Crippen LogP contribution in [0.2, 0.25) is 0 Å². The van der Waals surface area contributed by atoms with Gasteiger partial charge in [0, 0.05) is 13.2 Å². The van der Waals surface area contributed by atoms with Crippen LogP contribution in [0, 0.1) is 12.8 Å². The van der Waals surface area contributed by atoms with Crippen LogP contribution < -0.4 is 0 Å². The second-order valence-corrected chi connectivity index (χ2v) is 5.41. The number of hydrogen-bond acceptors (Lipinski definition) is 1. The topological polar surface area (TPSA) is 9.23 Å². The zero-order valence-corrected chi connectivity index (χ0v) is 12.9. The minimum absolute atomic E-state index is 0.873. The van der Waals surface area contributed by atoms with Gasteiger partial charge in [-0.05, 0) is 18.8 Å². The van der Waals surface area contributed by atoms with Crippen molar-refractivity contribution in [1.29, 1.82) is 0 Å². The molecule has 0 aromatic rings. The second kappa shape index (κ2) is 15.0. The molecule has 1 nitrogen and oxygen atoms in total. The molecule has 0 fully saturated rings. The number of ether oxygens (including phenoxy) is 1. The quantitative estimate of drug-likeness (QED) is 0.357. The first-order valence-corrected chi connectivity index (χ1v) is 8.22. The highest BCUT2D eigenvalue weighted by Crippen LogP contribution is 2.12. The molecular weight excluding hydrogens is 220 g/mol. The van der Waals surface area contributed by atoms with Crippen LogP contribution in [0.4, 0.5) is 0 Å².